The van der Waals surface area contributed by atoms with Gasteiger partial charge in [0.05, 0.1) is 14.2 Å². The molecule has 0 nitrogen and oxygen atoms in total. The summed E-state index contributed by atoms with van der Waals surface area (Å²) < 4.78 is 0.939. The van der Waals surface area contributed by atoms with Gasteiger partial charge >= 0.3 is 0 Å². The summed E-state index contributed by atoms with van der Waals surface area (Å²) >= 11 is 17.8. The van der Waals surface area contributed by atoms with Gasteiger partial charge in [-0.15, -0.1) is 22.9 Å². The highest BCUT2D eigenvalue weighted by Crippen LogP contribution is 2.46. The molecule has 2 rings (SSSR count). The Morgan fingerprint density at radius 3 is 2.33 bits per heavy atom. The van der Waals surface area contributed by atoms with Crippen LogP contribution in [0, 0.1) is 0 Å². The van der Waals surface area contributed by atoms with E-state index in [2.05, 4.69) is 41.9 Å². The predicted octanol–water partition coefficient (Wildman–Crippen LogP) is 6.42. The molecular formula is C14H13BrCl2S. The van der Waals surface area contributed by atoms with Crippen molar-refractivity contribution in [2.45, 2.75) is 24.6 Å². The van der Waals surface area contributed by atoms with Gasteiger partial charge in [0.1, 0.15) is 0 Å². The van der Waals surface area contributed by atoms with Crippen LogP contribution < -0.4 is 0 Å². The highest BCUT2D eigenvalue weighted by molar-refractivity contribution is 9.11. The van der Waals surface area contributed by atoms with E-state index in [1.807, 2.05) is 24.3 Å². The summed E-state index contributed by atoms with van der Waals surface area (Å²) in [7, 11) is 0. The molecule has 0 bridgehead atoms. The molecular weight excluding hydrogens is 351 g/mol. The molecule has 4 heteroatoms. The van der Waals surface area contributed by atoms with E-state index in [1.165, 1.54) is 5.56 Å². The molecule has 2 aromatic rings. The maximum Gasteiger partial charge on any atom is 0.0887 e. The van der Waals surface area contributed by atoms with Gasteiger partial charge in [-0.1, -0.05) is 55.8 Å². The first kappa shape index (κ1) is 14.4. The average Bonchev–Trinajstić information content (AvgIpc) is 2.69. The molecule has 0 radical (unpaired) electrons. The quantitative estimate of drug-likeness (QED) is 0.551. The number of hydrogen-bond acceptors (Lipinski definition) is 1. The van der Waals surface area contributed by atoms with Gasteiger partial charge in [0.2, 0.25) is 0 Å². The Kier molecular flexibility index (Phi) is 4.43. The first-order valence-electron chi connectivity index (χ1n) is 5.57. The molecule has 1 atom stereocenters. The van der Waals surface area contributed by atoms with Crippen molar-refractivity contribution in [1.29, 1.82) is 0 Å². The smallest absolute Gasteiger partial charge is 0.0887 e. The van der Waals surface area contributed by atoms with Gasteiger partial charge in [0, 0.05) is 10.3 Å². The summed E-state index contributed by atoms with van der Waals surface area (Å²) in [6.45, 7) is 4.31. The minimum absolute atomic E-state index is 0.103. The highest BCUT2D eigenvalue weighted by Gasteiger charge is 2.32. The van der Waals surface area contributed by atoms with Crippen molar-refractivity contribution in [3.63, 3.8) is 0 Å². The predicted molar refractivity (Wildman–Crippen MR) is 85.1 cm³/mol. The number of rotatable bonds is 3. The van der Waals surface area contributed by atoms with E-state index in [4.69, 9.17) is 23.2 Å². The molecule has 96 valence electrons. The summed E-state index contributed by atoms with van der Waals surface area (Å²) in [6.07, 6.45) is 0. The SMILES string of the molecule is CC(C)(c1ccccc1)C(Cl)c1cc(Cl)c(Br)s1. The minimum atomic E-state index is -0.142. The van der Waals surface area contributed by atoms with Crippen LogP contribution in [0.1, 0.15) is 29.7 Å². The fourth-order valence-electron chi connectivity index (χ4n) is 1.86. The maximum atomic E-state index is 6.65. The molecule has 0 spiro atoms. The third-order valence-electron chi connectivity index (χ3n) is 3.07. The zero-order valence-electron chi connectivity index (χ0n) is 10.1. The molecule has 1 unspecified atom stereocenters. The topological polar surface area (TPSA) is 0 Å². The monoisotopic (exact) mass is 362 g/mol. The lowest BCUT2D eigenvalue weighted by Gasteiger charge is -2.30. The largest absolute Gasteiger partial charge is 0.130 e. The zero-order chi connectivity index (χ0) is 13.3. The second-order valence-electron chi connectivity index (χ2n) is 4.72. The van der Waals surface area contributed by atoms with Crippen LogP contribution in [0.3, 0.4) is 0 Å². The third kappa shape index (κ3) is 2.77. The summed E-state index contributed by atoms with van der Waals surface area (Å²) in [4.78, 5) is 1.09. The number of alkyl halides is 1. The lowest BCUT2D eigenvalue weighted by molar-refractivity contribution is 0.509. The second kappa shape index (κ2) is 5.54. The van der Waals surface area contributed by atoms with Crippen molar-refractivity contribution in [2.24, 2.45) is 0 Å². The van der Waals surface area contributed by atoms with Crippen LogP contribution in [0.5, 0.6) is 0 Å². The van der Waals surface area contributed by atoms with Crippen LogP contribution in [-0.4, -0.2) is 0 Å². The van der Waals surface area contributed by atoms with Gasteiger partial charge in [-0.2, -0.15) is 0 Å². The normalized spacial score (nSPS) is 13.6. The average molecular weight is 364 g/mol. The van der Waals surface area contributed by atoms with E-state index in [0.29, 0.717) is 0 Å². The molecule has 18 heavy (non-hydrogen) atoms. The van der Waals surface area contributed by atoms with E-state index in [9.17, 15) is 0 Å². The van der Waals surface area contributed by atoms with Crippen molar-refractivity contribution in [3.8, 4) is 0 Å². The van der Waals surface area contributed by atoms with E-state index in [-0.39, 0.29) is 10.8 Å². The van der Waals surface area contributed by atoms with Crippen LogP contribution in [0.15, 0.2) is 40.2 Å². The van der Waals surface area contributed by atoms with Gasteiger partial charge < -0.3 is 0 Å². The van der Waals surface area contributed by atoms with Gasteiger partial charge in [-0.25, -0.2) is 0 Å². The molecule has 1 heterocycles. The molecule has 1 aromatic carbocycles. The van der Waals surface area contributed by atoms with E-state index in [0.717, 1.165) is 13.7 Å². The minimum Gasteiger partial charge on any atom is -0.130 e. The van der Waals surface area contributed by atoms with Crippen molar-refractivity contribution in [1.82, 2.24) is 0 Å². The molecule has 0 aliphatic rings. The summed E-state index contributed by atoms with van der Waals surface area (Å²) in [5.41, 5.74) is 1.09. The van der Waals surface area contributed by atoms with E-state index in [1.54, 1.807) is 11.3 Å². The van der Waals surface area contributed by atoms with Crippen LogP contribution >= 0.6 is 50.5 Å². The van der Waals surface area contributed by atoms with Crippen LogP contribution in [0.25, 0.3) is 0 Å². The molecule has 0 amide bonds. The lowest BCUT2D eigenvalue weighted by atomic mass is 9.81. The Morgan fingerprint density at radius 1 is 1.22 bits per heavy atom. The fourth-order valence-corrected chi connectivity index (χ4v) is 4.09. The number of hydrogen-bond donors (Lipinski definition) is 0. The summed E-state index contributed by atoms with van der Waals surface area (Å²) in [6, 6.07) is 12.3. The molecule has 0 fully saturated rings. The first-order chi connectivity index (χ1) is 8.43. The Hall–Kier alpha value is -0.0200. The van der Waals surface area contributed by atoms with E-state index >= 15 is 0 Å². The van der Waals surface area contributed by atoms with Crippen LogP contribution in [-0.2, 0) is 5.41 Å². The Bertz CT molecular complexity index is 514. The molecule has 0 N–H and O–H groups in total. The van der Waals surface area contributed by atoms with Gasteiger partial charge in [-0.3, -0.25) is 0 Å². The molecule has 0 aliphatic carbocycles. The lowest BCUT2D eigenvalue weighted by Crippen LogP contribution is -2.22. The Labute approximate surface area is 130 Å². The number of thiophene rings is 1. The van der Waals surface area contributed by atoms with Crippen molar-refractivity contribution in [3.05, 3.63) is 55.6 Å². The van der Waals surface area contributed by atoms with Crippen molar-refractivity contribution in [2.75, 3.05) is 0 Å². The zero-order valence-corrected chi connectivity index (χ0v) is 14.0. The van der Waals surface area contributed by atoms with Crippen molar-refractivity contribution >= 4 is 50.5 Å². The fraction of sp³-hybridized carbons (Fsp3) is 0.286. The van der Waals surface area contributed by atoms with Gasteiger partial charge in [0.25, 0.3) is 0 Å². The Balaban J connectivity index is 2.35. The number of halogens is 3. The van der Waals surface area contributed by atoms with Crippen LogP contribution in [0.4, 0.5) is 0 Å². The van der Waals surface area contributed by atoms with Gasteiger partial charge in [0.15, 0.2) is 0 Å². The third-order valence-corrected chi connectivity index (χ3v) is 6.52. The summed E-state index contributed by atoms with van der Waals surface area (Å²) in [5, 5.41) is 0.623. The van der Waals surface area contributed by atoms with E-state index < -0.39 is 0 Å². The first-order valence-corrected chi connectivity index (χ1v) is 7.99. The van der Waals surface area contributed by atoms with Crippen molar-refractivity contribution < 1.29 is 0 Å². The molecule has 0 saturated heterocycles. The Morgan fingerprint density at radius 2 is 1.83 bits per heavy atom. The van der Waals surface area contributed by atoms with Crippen LogP contribution in [0.2, 0.25) is 5.02 Å². The summed E-state index contributed by atoms with van der Waals surface area (Å²) in [5.74, 6) is 0. The maximum absolute atomic E-state index is 6.65. The number of benzene rings is 1. The molecule has 1 aromatic heterocycles. The highest BCUT2D eigenvalue weighted by atomic mass is 79.9. The van der Waals surface area contributed by atoms with Gasteiger partial charge in [-0.05, 0) is 27.6 Å². The molecule has 0 saturated carbocycles. The molecule has 0 aliphatic heterocycles. The second-order valence-corrected chi connectivity index (χ2v) is 7.97. The standard InChI is InChI=1S/C14H13BrCl2S/c1-14(2,9-6-4-3-5-7-9)12(17)11-8-10(16)13(15)18-11/h3-8,12H,1-2H3.